The third-order valence-electron chi connectivity index (χ3n) is 5.66. The van der Waals surface area contributed by atoms with Gasteiger partial charge in [-0.3, -0.25) is 5.10 Å². The number of nitriles is 1. The van der Waals surface area contributed by atoms with E-state index in [1.165, 1.54) is 0 Å². The zero-order chi connectivity index (χ0) is 24.7. The highest BCUT2D eigenvalue weighted by molar-refractivity contribution is 6.43. The summed E-state index contributed by atoms with van der Waals surface area (Å²) in [6.45, 7) is 8.65. The first-order chi connectivity index (χ1) is 16.0. The normalized spacial score (nSPS) is 15.7. The molecule has 178 valence electrons. The number of hydrogen-bond donors (Lipinski definition) is 2. The number of carbonyl (C=O) groups is 1. The van der Waals surface area contributed by atoms with Crippen LogP contribution in [0.25, 0.3) is 22.4 Å². The number of anilines is 1. The van der Waals surface area contributed by atoms with Crippen molar-refractivity contribution in [3.63, 3.8) is 0 Å². The van der Waals surface area contributed by atoms with Crippen LogP contribution in [0.5, 0.6) is 0 Å². The van der Waals surface area contributed by atoms with E-state index >= 15 is 0 Å². The molecule has 3 heterocycles. The van der Waals surface area contributed by atoms with Crippen LogP contribution in [0.2, 0.25) is 10.0 Å². The third kappa shape index (κ3) is 4.88. The van der Waals surface area contributed by atoms with Crippen LogP contribution in [0.4, 0.5) is 10.6 Å². The van der Waals surface area contributed by atoms with Crippen LogP contribution in [-0.2, 0) is 4.74 Å². The van der Waals surface area contributed by atoms with Crippen molar-refractivity contribution in [1.82, 2.24) is 25.5 Å². The van der Waals surface area contributed by atoms with E-state index in [1.54, 1.807) is 18.2 Å². The number of hydrogen-bond acceptors (Lipinski definition) is 7. The van der Waals surface area contributed by atoms with Gasteiger partial charge >= 0.3 is 6.09 Å². The molecule has 2 N–H and O–H groups in total. The number of alkyl carbamates (subject to hydrolysis) is 1. The Hall–Kier alpha value is -3.09. The fraction of sp³-hybridized carbons (Fsp3) is 0.435. The number of nitrogens with zero attached hydrogens (tertiary/aromatic N) is 5. The molecule has 0 aliphatic carbocycles. The number of halogens is 2. The van der Waals surface area contributed by atoms with Gasteiger partial charge in [-0.1, -0.05) is 35.3 Å². The maximum Gasteiger partial charge on any atom is 0.408 e. The lowest BCUT2D eigenvalue weighted by Crippen LogP contribution is -2.54. The van der Waals surface area contributed by atoms with Crippen molar-refractivity contribution in [3.05, 3.63) is 33.9 Å². The summed E-state index contributed by atoms with van der Waals surface area (Å²) < 4.78 is 5.40. The molecular weight excluding hydrogens is 477 g/mol. The molecule has 0 bridgehead atoms. The Balaban J connectivity index is 1.57. The smallest absolute Gasteiger partial charge is 0.408 e. The molecule has 1 amide bonds. The van der Waals surface area contributed by atoms with Crippen molar-refractivity contribution in [2.45, 2.75) is 51.7 Å². The van der Waals surface area contributed by atoms with Crippen molar-refractivity contribution in [3.8, 4) is 17.3 Å². The summed E-state index contributed by atoms with van der Waals surface area (Å²) in [5.41, 5.74) is 1.18. The monoisotopic (exact) mass is 501 g/mol. The van der Waals surface area contributed by atoms with E-state index in [9.17, 15) is 10.1 Å². The quantitative estimate of drug-likeness (QED) is 0.512. The second-order valence-electron chi connectivity index (χ2n) is 9.55. The average Bonchev–Trinajstić information content (AvgIpc) is 3.16. The first kappa shape index (κ1) is 24.0. The number of fused-ring (bicyclic) bond motifs is 1. The van der Waals surface area contributed by atoms with Gasteiger partial charge in [-0.05, 0) is 46.6 Å². The van der Waals surface area contributed by atoms with Gasteiger partial charge in [0, 0.05) is 24.2 Å². The molecule has 9 nitrogen and oxygen atoms in total. The molecule has 1 fully saturated rings. The number of nitrogens with one attached hydrogen (secondary N) is 2. The summed E-state index contributed by atoms with van der Waals surface area (Å²) in [4.78, 5) is 23.5. The van der Waals surface area contributed by atoms with E-state index in [-0.39, 0.29) is 5.69 Å². The summed E-state index contributed by atoms with van der Waals surface area (Å²) >= 11 is 12.5. The molecule has 3 aromatic rings. The minimum atomic E-state index is -0.563. The van der Waals surface area contributed by atoms with E-state index in [2.05, 4.69) is 31.6 Å². The van der Waals surface area contributed by atoms with Crippen molar-refractivity contribution in [2.75, 3.05) is 18.0 Å². The summed E-state index contributed by atoms with van der Waals surface area (Å²) in [5.74, 6) is 0.474. The van der Waals surface area contributed by atoms with Crippen molar-refractivity contribution >= 4 is 46.3 Å². The highest BCUT2D eigenvalue weighted by atomic mass is 35.5. The maximum atomic E-state index is 12.3. The maximum absolute atomic E-state index is 12.3. The zero-order valence-electron chi connectivity index (χ0n) is 19.4. The van der Waals surface area contributed by atoms with Gasteiger partial charge in [0.1, 0.15) is 22.9 Å². The van der Waals surface area contributed by atoms with Gasteiger partial charge in [-0.25, -0.2) is 14.8 Å². The van der Waals surface area contributed by atoms with Gasteiger partial charge in [0.25, 0.3) is 0 Å². The van der Waals surface area contributed by atoms with E-state index in [0.717, 1.165) is 0 Å². The summed E-state index contributed by atoms with van der Waals surface area (Å²) in [5, 5.41) is 20.8. The second kappa shape index (κ2) is 8.93. The fourth-order valence-corrected chi connectivity index (χ4v) is 4.28. The number of rotatable bonds is 3. The van der Waals surface area contributed by atoms with E-state index in [1.807, 2.05) is 32.6 Å². The van der Waals surface area contributed by atoms with Gasteiger partial charge in [0.05, 0.1) is 10.0 Å². The van der Waals surface area contributed by atoms with E-state index < -0.39 is 17.2 Å². The number of piperidine rings is 1. The molecule has 0 unspecified atom stereocenters. The standard InChI is InChI=1S/C23H25Cl2N7O2/c1-22(2,3)34-21(33)29-23(4)8-10-32(11-9-23)20-15(12-26)27-18-17(30-31-19(18)28-20)13-6-5-7-14(24)16(13)25/h5-7H,8-11H2,1-4H3,(H,29,33)(H,28,30,31). The minimum absolute atomic E-state index is 0.192. The molecule has 1 aromatic carbocycles. The van der Waals surface area contributed by atoms with Gasteiger partial charge in [0.2, 0.25) is 0 Å². The van der Waals surface area contributed by atoms with Crippen LogP contribution >= 0.6 is 23.2 Å². The van der Waals surface area contributed by atoms with Crippen LogP contribution in [0.3, 0.4) is 0 Å². The highest BCUT2D eigenvalue weighted by Gasteiger charge is 2.34. The molecular formula is C23H25Cl2N7O2. The van der Waals surface area contributed by atoms with Crippen LogP contribution in [0, 0.1) is 11.3 Å². The molecule has 1 aliphatic rings. The summed E-state index contributed by atoms with van der Waals surface area (Å²) in [7, 11) is 0. The summed E-state index contributed by atoms with van der Waals surface area (Å²) in [6, 6.07) is 7.40. The van der Waals surface area contributed by atoms with Crippen LogP contribution in [0.15, 0.2) is 18.2 Å². The van der Waals surface area contributed by atoms with Gasteiger partial charge in [-0.15, -0.1) is 0 Å². The van der Waals surface area contributed by atoms with Gasteiger partial charge in [-0.2, -0.15) is 10.4 Å². The molecule has 0 saturated carbocycles. The number of aromatic amines is 1. The molecule has 1 aliphatic heterocycles. The SMILES string of the molecule is CC1(NC(=O)OC(C)(C)C)CCN(c2nc3[nH]nc(-c4cccc(Cl)c4Cl)c3nc2C#N)CC1. The number of benzene rings is 1. The minimum Gasteiger partial charge on any atom is -0.444 e. The number of amides is 1. The van der Waals surface area contributed by atoms with Crippen molar-refractivity contribution < 1.29 is 9.53 Å². The molecule has 0 atom stereocenters. The first-order valence-electron chi connectivity index (χ1n) is 10.9. The number of ether oxygens (including phenoxy) is 1. The Morgan fingerprint density at radius 1 is 1.26 bits per heavy atom. The summed E-state index contributed by atoms with van der Waals surface area (Å²) in [6.07, 6.45) is 0.874. The molecule has 34 heavy (non-hydrogen) atoms. The second-order valence-corrected chi connectivity index (χ2v) is 10.3. The highest BCUT2D eigenvalue weighted by Crippen LogP contribution is 2.36. The van der Waals surface area contributed by atoms with Gasteiger partial charge < -0.3 is 15.0 Å². The Bertz CT molecular complexity index is 1280. The van der Waals surface area contributed by atoms with Gasteiger partial charge in [0.15, 0.2) is 17.2 Å². The molecule has 4 rings (SSSR count). The Morgan fingerprint density at radius 2 is 1.97 bits per heavy atom. The lowest BCUT2D eigenvalue weighted by molar-refractivity contribution is 0.0448. The number of carbonyl (C=O) groups excluding carboxylic acids is 1. The van der Waals surface area contributed by atoms with E-state index in [0.29, 0.717) is 64.2 Å². The number of H-pyrrole nitrogens is 1. The van der Waals surface area contributed by atoms with Crippen LogP contribution < -0.4 is 10.2 Å². The first-order valence-corrected chi connectivity index (χ1v) is 11.6. The lowest BCUT2D eigenvalue weighted by atomic mass is 9.89. The predicted octanol–water partition coefficient (Wildman–Crippen LogP) is 5.08. The Labute approximate surface area is 207 Å². The van der Waals surface area contributed by atoms with Crippen molar-refractivity contribution in [1.29, 1.82) is 5.26 Å². The van der Waals surface area contributed by atoms with Crippen LogP contribution in [-0.4, -0.2) is 50.5 Å². The molecule has 0 spiro atoms. The molecule has 11 heteroatoms. The topological polar surface area (TPSA) is 120 Å². The lowest BCUT2D eigenvalue weighted by Gasteiger charge is -2.40. The molecule has 0 radical (unpaired) electrons. The average molecular weight is 502 g/mol. The van der Waals surface area contributed by atoms with E-state index in [4.69, 9.17) is 27.9 Å². The molecule has 1 saturated heterocycles. The zero-order valence-corrected chi connectivity index (χ0v) is 20.9. The third-order valence-corrected chi connectivity index (χ3v) is 6.48. The number of aromatic nitrogens is 4. The fourth-order valence-electron chi connectivity index (χ4n) is 3.89. The van der Waals surface area contributed by atoms with Crippen LogP contribution in [0.1, 0.15) is 46.2 Å². The largest absolute Gasteiger partial charge is 0.444 e. The van der Waals surface area contributed by atoms with Crippen molar-refractivity contribution in [2.24, 2.45) is 0 Å². The Kier molecular flexibility index (Phi) is 6.32. The predicted molar refractivity (Wildman–Crippen MR) is 131 cm³/mol. The Morgan fingerprint density at radius 3 is 2.62 bits per heavy atom. The molecule has 2 aromatic heterocycles.